The second kappa shape index (κ2) is 7.62. The van der Waals surface area contributed by atoms with Crippen LogP contribution in [0.25, 0.3) is 0 Å². The van der Waals surface area contributed by atoms with Crippen molar-refractivity contribution in [1.29, 1.82) is 0 Å². The summed E-state index contributed by atoms with van der Waals surface area (Å²) in [7, 11) is 0. The fourth-order valence-corrected chi connectivity index (χ4v) is 2.02. The highest BCUT2D eigenvalue weighted by molar-refractivity contribution is 14.1. The Bertz CT molecular complexity index is 952. The van der Waals surface area contributed by atoms with Crippen LogP contribution in [0.4, 0.5) is 0 Å². The van der Waals surface area contributed by atoms with Gasteiger partial charge in [0.05, 0.1) is 5.69 Å². The number of ketones is 2. The fraction of sp³-hybridized carbons (Fsp3) is 0.167. The predicted octanol–water partition coefficient (Wildman–Crippen LogP) is -0.864. The van der Waals surface area contributed by atoms with Crippen LogP contribution in [0.15, 0.2) is 25.2 Å². The smallest absolute Gasteiger partial charge is 0.304 e. The molecule has 0 aliphatic heterocycles. The highest BCUT2D eigenvalue weighted by Gasteiger charge is 2.09. The lowest BCUT2D eigenvalue weighted by atomic mass is 10.3. The number of halogens is 1. The number of nitrogens with one attached hydrogen (secondary N) is 4. The Balaban J connectivity index is 0.000000231. The largest absolute Gasteiger partial charge is 0.326 e. The molecule has 0 saturated carbocycles. The molecule has 2 heterocycles. The van der Waals surface area contributed by atoms with E-state index in [9.17, 15) is 28.8 Å². The van der Waals surface area contributed by atoms with Gasteiger partial charge in [-0.2, -0.15) is 0 Å². The van der Waals surface area contributed by atoms with Gasteiger partial charge in [0, 0.05) is 19.9 Å². The van der Waals surface area contributed by atoms with E-state index in [0.717, 1.165) is 6.07 Å². The number of Topliss-reactive ketones (excluding diaryl/α,β-unsaturated/α-hetero) is 2. The van der Waals surface area contributed by atoms with Crippen molar-refractivity contribution < 1.29 is 9.59 Å². The fourth-order valence-electron chi connectivity index (χ4n) is 1.37. The quantitative estimate of drug-likeness (QED) is 0.355. The number of aromatic nitrogens is 4. The van der Waals surface area contributed by atoms with Crippen molar-refractivity contribution >= 4 is 34.2 Å². The summed E-state index contributed by atoms with van der Waals surface area (Å²) in [6, 6.07) is 1.05. The van der Waals surface area contributed by atoms with Gasteiger partial charge in [-0.25, -0.2) is 9.59 Å². The van der Waals surface area contributed by atoms with Crippen LogP contribution >= 0.6 is 22.6 Å². The lowest BCUT2D eigenvalue weighted by Crippen LogP contribution is -2.28. The monoisotopic (exact) mass is 434 g/mol. The van der Waals surface area contributed by atoms with Crippen LogP contribution in [-0.4, -0.2) is 31.5 Å². The van der Waals surface area contributed by atoms with Crippen molar-refractivity contribution in [2.45, 2.75) is 13.8 Å². The highest BCUT2D eigenvalue weighted by atomic mass is 127. The molecule has 10 nitrogen and oxygen atoms in total. The van der Waals surface area contributed by atoms with Crippen LogP contribution in [-0.2, 0) is 0 Å². The number of rotatable bonds is 2. The molecule has 2 aromatic rings. The molecule has 4 N–H and O–H groups in total. The van der Waals surface area contributed by atoms with Gasteiger partial charge in [0.2, 0.25) is 0 Å². The minimum atomic E-state index is -0.664. The number of aromatic amines is 4. The lowest BCUT2D eigenvalue weighted by Gasteiger charge is -1.96. The van der Waals surface area contributed by atoms with Gasteiger partial charge in [0.25, 0.3) is 11.1 Å². The summed E-state index contributed by atoms with van der Waals surface area (Å²) < 4.78 is 0.208. The zero-order valence-electron chi connectivity index (χ0n) is 11.9. The topological polar surface area (TPSA) is 166 Å². The maximum absolute atomic E-state index is 10.9. The molecule has 0 radical (unpaired) electrons. The molecule has 0 aliphatic carbocycles. The van der Waals surface area contributed by atoms with E-state index in [2.05, 4.69) is 9.97 Å². The van der Waals surface area contributed by atoms with E-state index in [1.807, 2.05) is 9.97 Å². The molecule has 0 unspecified atom stereocenters. The molecule has 23 heavy (non-hydrogen) atoms. The molecule has 2 rings (SSSR count). The number of carbonyl (C=O) groups is 2. The molecule has 0 aliphatic rings. The standard InChI is InChI=1S/C6H5IN2O3.C6H6N2O3/c1-2(10)4-3(7)5(11)9-6(12)8-4;1-3(9)4-2-5(10)8-6(11)7-4/h1H3,(H2,8,9,11,12);2H,1H3,(H2,7,8,10,11). The van der Waals surface area contributed by atoms with E-state index in [0.29, 0.717) is 0 Å². The zero-order valence-corrected chi connectivity index (χ0v) is 14.1. The molecule has 122 valence electrons. The maximum Gasteiger partial charge on any atom is 0.326 e. The van der Waals surface area contributed by atoms with Crippen molar-refractivity contribution in [2.75, 3.05) is 0 Å². The average Bonchev–Trinajstić information content (AvgIpc) is 2.42. The molecule has 0 bridgehead atoms. The van der Waals surface area contributed by atoms with Crippen LogP contribution in [0.5, 0.6) is 0 Å². The van der Waals surface area contributed by atoms with Crippen molar-refractivity contribution in [3.8, 4) is 0 Å². The lowest BCUT2D eigenvalue weighted by molar-refractivity contribution is 0.0999. The Hall–Kier alpha value is -2.57. The van der Waals surface area contributed by atoms with E-state index in [1.54, 1.807) is 22.6 Å². The molecule has 11 heteroatoms. The average molecular weight is 434 g/mol. The third-order valence-corrected chi connectivity index (χ3v) is 3.41. The molecule has 0 amide bonds. The Labute approximate surface area is 140 Å². The molecule has 0 atom stereocenters. The maximum atomic E-state index is 10.9. The summed E-state index contributed by atoms with van der Waals surface area (Å²) in [5.74, 6) is -0.671. The van der Waals surface area contributed by atoms with Gasteiger partial charge in [0.1, 0.15) is 9.26 Å². The number of carbonyl (C=O) groups excluding carboxylic acids is 2. The van der Waals surface area contributed by atoms with Gasteiger partial charge < -0.3 is 9.97 Å². The Morgan fingerprint density at radius 1 is 0.870 bits per heavy atom. The Morgan fingerprint density at radius 2 is 1.43 bits per heavy atom. The summed E-state index contributed by atoms with van der Waals surface area (Å²) in [6.07, 6.45) is 0. The van der Waals surface area contributed by atoms with E-state index in [4.69, 9.17) is 0 Å². The summed E-state index contributed by atoms with van der Waals surface area (Å²) in [5.41, 5.74) is -2.35. The van der Waals surface area contributed by atoms with Crippen LogP contribution in [0.3, 0.4) is 0 Å². The van der Waals surface area contributed by atoms with Crippen LogP contribution < -0.4 is 22.5 Å². The Kier molecular flexibility index (Phi) is 6.12. The number of H-pyrrole nitrogens is 4. The molecular formula is C12H11IN4O6. The first-order valence-corrected chi connectivity index (χ1v) is 7.07. The minimum absolute atomic E-state index is 0.0266. The molecule has 0 saturated heterocycles. The van der Waals surface area contributed by atoms with Gasteiger partial charge in [-0.1, -0.05) is 0 Å². The van der Waals surface area contributed by atoms with Crippen LogP contribution in [0.1, 0.15) is 34.8 Å². The van der Waals surface area contributed by atoms with E-state index >= 15 is 0 Å². The van der Waals surface area contributed by atoms with Crippen LogP contribution in [0, 0.1) is 3.57 Å². The summed E-state index contributed by atoms with van der Waals surface area (Å²) in [5, 5.41) is 0. The first kappa shape index (κ1) is 18.5. The second-order valence-corrected chi connectivity index (χ2v) is 5.29. The van der Waals surface area contributed by atoms with Crippen molar-refractivity contribution in [1.82, 2.24) is 19.9 Å². The van der Waals surface area contributed by atoms with Gasteiger partial charge in [-0.3, -0.25) is 29.1 Å². The zero-order chi connectivity index (χ0) is 17.7. The first-order valence-electron chi connectivity index (χ1n) is 5.99. The minimum Gasteiger partial charge on any atom is -0.304 e. The number of hydrogen-bond acceptors (Lipinski definition) is 6. The molecular weight excluding hydrogens is 423 g/mol. The van der Waals surface area contributed by atoms with Crippen LogP contribution in [0.2, 0.25) is 0 Å². The second-order valence-electron chi connectivity index (χ2n) is 4.21. The van der Waals surface area contributed by atoms with Crippen molar-refractivity contribution in [3.63, 3.8) is 0 Å². The summed E-state index contributed by atoms with van der Waals surface area (Å²) in [4.78, 5) is 72.6. The van der Waals surface area contributed by atoms with Crippen molar-refractivity contribution in [3.05, 3.63) is 62.7 Å². The summed E-state index contributed by atoms with van der Waals surface area (Å²) >= 11 is 1.70. The Morgan fingerprint density at radius 3 is 1.91 bits per heavy atom. The third-order valence-electron chi connectivity index (χ3n) is 2.38. The van der Waals surface area contributed by atoms with E-state index < -0.39 is 22.5 Å². The molecule has 2 aromatic heterocycles. The molecule has 0 aromatic carbocycles. The first-order chi connectivity index (χ1) is 10.6. The highest BCUT2D eigenvalue weighted by Crippen LogP contribution is 2.01. The SMILES string of the molecule is CC(=O)c1[nH]c(=O)[nH]c(=O)c1I.CC(=O)c1cc(=O)[nH]c(=O)[nH]1. The summed E-state index contributed by atoms with van der Waals surface area (Å²) in [6.45, 7) is 2.55. The predicted molar refractivity (Wildman–Crippen MR) is 88.1 cm³/mol. The third kappa shape index (κ3) is 5.28. The van der Waals surface area contributed by atoms with Gasteiger partial charge in [0.15, 0.2) is 11.6 Å². The normalized spacial score (nSPS) is 9.70. The van der Waals surface area contributed by atoms with Gasteiger partial charge in [-0.05, 0) is 22.6 Å². The number of hydrogen-bond donors (Lipinski definition) is 4. The van der Waals surface area contributed by atoms with E-state index in [1.165, 1.54) is 13.8 Å². The van der Waals surface area contributed by atoms with Crippen molar-refractivity contribution in [2.24, 2.45) is 0 Å². The van der Waals surface area contributed by atoms with E-state index in [-0.39, 0.29) is 26.5 Å². The van der Waals surface area contributed by atoms with Gasteiger partial charge >= 0.3 is 11.4 Å². The molecule has 0 spiro atoms. The van der Waals surface area contributed by atoms with Gasteiger partial charge in [-0.15, -0.1) is 0 Å². The molecule has 0 fully saturated rings.